The number of nitrogens with one attached hydrogen (secondary N) is 1. The summed E-state index contributed by atoms with van der Waals surface area (Å²) in [7, 11) is 0. The summed E-state index contributed by atoms with van der Waals surface area (Å²) < 4.78 is 2.22. The molecule has 1 saturated carbocycles. The number of aromatic nitrogens is 2. The van der Waals surface area contributed by atoms with E-state index in [0.717, 1.165) is 31.3 Å². The minimum Gasteiger partial charge on any atom is -0.308 e. The molecule has 120 valence electrons. The second kappa shape index (κ2) is 8.57. The minimum absolute atomic E-state index is 0.497. The lowest BCUT2D eigenvalue weighted by Crippen LogP contribution is -2.33. The molecule has 1 aromatic heterocycles. The van der Waals surface area contributed by atoms with Crippen LogP contribution in [0.5, 0.6) is 0 Å². The van der Waals surface area contributed by atoms with E-state index in [1.54, 1.807) is 0 Å². The maximum Gasteiger partial charge on any atom is 0.0556 e. The molecule has 1 heterocycles. The number of nitrogens with zero attached hydrogens (tertiary/aromatic N) is 2. The first-order valence-corrected chi connectivity index (χ1v) is 9.05. The van der Waals surface area contributed by atoms with Crippen LogP contribution in [0.1, 0.15) is 77.5 Å². The lowest BCUT2D eigenvalue weighted by molar-refractivity contribution is 0.212. The monoisotopic (exact) mass is 291 g/mol. The molecular formula is C18H33N3. The molecule has 0 spiro atoms. The van der Waals surface area contributed by atoms with E-state index in [9.17, 15) is 0 Å². The van der Waals surface area contributed by atoms with Crippen molar-refractivity contribution >= 4 is 0 Å². The first-order chi connectivity index (χ1) is 10.3. The van der Waals surface area contributed by atoms with Gasteiger partial charge in [0.25, 0.3) is 0 Å². The van der Waals surface area contributed by atoms with Crippen LogP contribution in [0.2, 0.25) is 0 Å². The van der Waals surface area contributed by atoms with E-state index in [4.69, 9.17) is 0 Å². The molecule has 1 unspecified atom stereocenters. The molecule has 3 nitrogen and oxygen atoms in total. The molecule has 1 N–H and O–H groups in total. The van der Waals surface area contributed by atoms with E-state index in [-0.39, 0.29) is 0 Å². The fourth-order valence-electron chi connectivity index (χ4n) is 3.75. The van der Waals surface area contributed by atoms with Gasteiger partial charge in [-0.2, -0.15) is 5.10 Å². The number of hydrogen-bond donors (Lipinski definition) is 1. The first-order valence-electron chi connectivity index (χ1n) is 9.05. The van der Waals surface area contributed by atoms with E-state index in [1.807, 2.05) is 6.20 Å². The molecular weight excluding hydrogens is 258 g/mol. The van der Waals surface area contributed by atoms with Gasteiger partial charge in [-0.05, 0) is 50.1 Å². The SMILES string of the molecule is CCCNC(c1ccnn1CCC)C1CCC(CC)CC1. The predicted octanol–water partition coefficient (Wildman–Crippen LogP) is 4.55. The van der Waals surface area contributed by atoms with Crippen molar-refractivity contribution in [3.63, 3.8) is 0 Å². The number of hydrogen-bond acceptors (Lipinski definition) is 2. The van der Waals surface area contributed by atoms with Crippen LogP contribution in [0.15, 0.2) is 12.3 Å². The molecule has 21 heavy (non-hydrogen) atoms. The average Bonchev–Trinajstić information content (AvgIpc) is 2.97. The van der Waals surface area contributed by atoms with Gasteiger partial charge in [-0.15, -0.1) is 0 Å². The first kappa shape index (κ1) is 16.5. The molecule has 2 rings (SSSR count). The summed E-state index contributed by atoms with van der Waals surface area (Å²) in [6.45, 7) is 8.97. The zero-order chi connectivity index (χ0) is 15.1. The fraction of sp³-hybridized carbons (Fsp3) is 0.833. The second-order valence-corrected chi connectivity index (χ2v) is 6.60. The van der Waals surface area contributed by atoms with Gasteiger partial charge in [-0.1, -0.05) is 40.0 Å². The van der Waals surface area contributed by atoms with Crippen molar-refractivity contribution in [1.82, 2.24) is 15.1 Å². The molecule has 0 bridgehead atoms. The van der Waals surface area contributed by atoms with Crippen LogP contribution >= 0.6 is 0 Å². The maximum atomic E-state index is 4.54. The smallest absolute Gasteiger partial charge is 0.0556 e. The van der Waals surface area contributed by atoms with Crippen LogP contribution < -0.4 is 5.32 Å². The average molecular weight is 291 g/mol. The molecule has 0 radical (unpaired) electrons. The summed E-state index contributed by atoms with van der Waals surface area (Å²) in [5.41, 5.74) is 1.41. The molecule has 1 aromatic rings. The van der Waals surface area contributed by atoms with Crippen molar-refractivity contribution in [3.05, 3.63) is 18.0 Å². The lowest BCUT2D eigenvalue weighted by atomic mass is 9.77. The van der Waals surface area contributed by atoms with E-state index < -0.39 is 0 Å². The lowest BCUT2D eigenvalue weighted by Gasteiger charge is -2.34. The van der Waals surface area contributed by atoms with Gasteiger partial charge in [-0.25, -0.2) is 0 Å². The van der Waals surface area contributed by atoms with E-state index >= 15 is 0 Å². The molecule has 0 saturated heterocycles. The molecule has 0 amide bonds. The van der Waals surface area contributed by atoms with E-state index in [0.29, 0.717) is 6.04 Å². The van der Waals surface area contributed by atoms with Crippen molar-refractivity contribution in [2.75, 3.05) is 6.54 Å². The normalized spacial score (nSPS) is 24.1. The molecule has 1 fully saturated rings. The third-order valence-electron chi connectivity index (χ3n) is 5.06. The Hall–Kier alpha value is -0.830. The van der Waals surface area contributed by atoms with Crippen molar-refractivity contribution in [2.45, 2.75) is 78.3 Å². The van der Waals surface area contributed by atoms with Crippen molar-refractivity contribution in [3.8, 4) is 0 Å². The predicted molar refractivity (Wildman–Crippen MR) is 89.3 cm³/mol. The van der Waals surface area contributed by atoms with Crippen LogP contribution in [0.25, 0.3) is 0 Å². The summed E-state index contributed by atoms with van der Waals surface area (Å²) in [6, 6.07) is 2.73. The Bertz CT molecular complexity index is 391. The highest BCUT2D eigenvalue weighted by Crippen LogP contribution is 2.37. The van der Waals surface area contributed by atoms with Gasteiger partial charge in [-0.3, -0.25) is 4.68 Å². The summed E-state index contributed by atoms with van der Waals surface area (Å²) in [5.74, 6) is 1.75. The highest BCUT2D eigenvalue weighted by molar-refractivity contribution is 5.09. The van der Waals surface area contributed by atoms with Crippen LogP contribution in [0, 0.1) is 11.8 Å². The molecule has 1 aliphatic carbocycles. The minimum atomic E-state index is 0.497. The Morgan fingerprint density at radius 1 is 1.19 bits per heavy atom. The molecule has 1 atom stereocenters. The molecule has 3 heteroatoms. The van der Waals surface area contributed by atoms with Crippen LogP contribution in [-0.4, -0.2) is 16.3 Å². The second-order valence-electron chi connectivity index (χ2n) is 6.60. The molecule has 1 aliphatic rings. The van der Waals surface area contributed by atoms with Gasteiger partial charge < -0.3 is 5.32 Å². The number of rotatable bonds is 8. The van der Waals surface area contributed by atoms with Gasteiger partial charge in [0.15, 0.2) is 0 Å². The molecule has 0 aliphatic heterocycles. The maximum absolute atomic E-state index is 4.54. The quantitative estimate of drug-likeness (QED) is 0.761. The Morgan fingerprint density at radius 2 is 1.95 bits per heavy atom. The third kappa shape index (κ3) is 4.32. The third-order valence-corrected chi connectivity index (χ3v) is 5.06. The Morgan fingerprint density at radius 3 is 2.57 bits per heavy atom. The van der Waals surface area contributed by atoms with Crippen molar-refractivity contribution in [1.29, 1.82) is 0 Å². The summed E-state index contributed by atoms with van der Waals surface area (Å²) in [4.78, 5) is 0. The highest BCUT2D eigenvalue weighted by atomic mass is 15.3. The summed E-state index contributed by atoms with van der Waals surface area (Å²) >= 11 is 0. The van der Waals surface area contributed by atoms with Gasteiger partial charge in [0, 0.05) is 12.7 Å². The standard InChI is InChI=1S/C18H33N3/c1-4-12-19-18(16-9-7-15(6-3)8-10-16)17-11-13-20-21(17)14-5-2/h11,13,15-16,18-19H,4-10,12,14H2,1-3H3. The van der Waals surface area contributed by atoms with Crippen LogP contribution in [0.4, 0.5) is 0 Å². The van der Waals surface area contributed by atoms with E-state index in [1.165, 1.54) is 44.2 Å². The summed E-state index contributed by atoms with van der Waals surface area (Å²) in [5, 5.41) is 8.35. The van der Waals surface area contributed by atoms with Gasteiger partial charge >= 0.3 is 0 Å². The summed E-state index contributed by atoms with van der Waals surface area (Å²) in [6.07, 6.45) is 11.2. The highest BCUT2D eigenvalue weighted by Gasteiger charge is 2.29. The van der Waals surface area contributed by atoms with Crippen molar-refractivity contribution < 1.29 is 0 Å². The van der Waals surface area contributed by atoms with Crippen LogP contribution in [0.3, 0.4) is 0 Å². The zero-order valence-corrected chi connectivity index (χ0v) is 14.1. The van der Waals surface area contributed by atoms with Crippen LogP contribution in [-0.2, 0) is 6.54 Å². The topological polar surface area (TPSA) is 29.9 Å². The molecule has 0 aromatic carbocycles. The Kier molecular flexibility index (Phi) is 6.75. The van der Waals surface area contributed by atoms with Gasteiger partial charge in [0.1, 0.15) is 0 Å². The van der Waals surface area contributed by atoms with Gasteiger partial charge in [0.05, 0.1) is 11.7 Å². The van der Waals surface area contributed by atoms with Gasteiger partial charge in [0.2, 0.25) is 0 Å². The Balaban J connectivity index is 2.08. The fourth-order valence-corrected chi connectivity index (χ4v) is 3.75. The zero-order valence-electron chi connectivity index (χ0n) is 14.1. The number of aryl methyl sites for hydroxylation is 1. The van der Waals surface area contributed by atoms with Crippen molar-refractivity contribution in [2.24, 2.45) is 11.8 Å². The largest absolute Gasteiger partial charge is 0.308 e. The Labute approximate surface area is 130 Å². The van der Waals surface area contributed by atoms with E-state index in [2.05, 4.69) is 41.9 Å².